The summed E-state index contributed by atoms with van der Waals surface area (Å²) in [6, 6.07) is 21.5. The number of hydrogen-bond donors (Lipinski definition) is 1. The molecule has 3 aromatic carbocycles. The molecular weight excluding hydrogens is 590 g/mol. The van der Waals surface area contributed by atoms with Crippen LogP contribution in [0.5, 0.6) is 0 Å². The van der Waals surface area contributed by atoms with Crippen molar-refractivity contribution in [3.05, 3.63) is 99.5 Å². The monoisotopic (exact) mass is 627 g/mol. The molecule has 0 spiro atoms. The van der Waals surface area contributed by atoms with Gasteiger partial charge < -0.3 is 10.2 Å². The lowest BCUT2D eigenvalue weighted by molar-refractivity contribution is -0.140. The van der Waals surface area contributed by atoms with E-state index in [1.54, 1.807) is 6.07 Å². The number of hydrogen-bond acceptors (Lipinski definition) is 4. The van der Waals surface area contributed by atoms with Gasteiger partial charge in [-0.15, -0.1) is 0 Å². The number of nitrogens with one attached hydrogen (secondary N) is 1. The SMILES string of the molecule is CC[C@@H](C)NC(=O)[C@@H](Cc1ccccc1)N(Cc1ccc(Br)cc1)C(=O)CN(c1ccc(C)cc1C)S(C)(=O)=O. The normalized spacial score (nSPS) is 12.8. The van der Waals surface area contributed by atoms with E-state index >= 15 is 0 Å². The molecule has 9 heteroatoms. The number of sulfonamides is 1. The quantitative estimate of drug-likeness (QED) is 0.292. The molecule has 7 nitrogen and oxygen atoms in total. The number of rotatable bonds is 12. The van der Waals surface area contributed by atoms with Gasteiger partial charge in [0.1, 0.15) is 12.6 Å². The maximum atomic E-state index is 14.1. The van der Waals surface area contributed by atoms with Crippen LogP contribution in [0.15, 0.2) is 77.3 Å². The van der Waals surface area contributed by atoms with E-state index in [1.807, 2.05) is 94.4 Å². The molecular formula is C31H38BrN3O4S. The first-order valence-electron chi connectivity index (χ1n) is 13.3. The molecule has 0 unspecified atom stereocenters. The Morgan fingerprint density at radius 3 is 2.17 bits per heavy atom. The van der Waals surface area contributed by atoms with Crippen molar-refractivity contribution in [2.24, 2.45) is 0 Å². The Balaban J connectivity index is 2.07. The molecule has 1 N–H and O–H groups in total. The van der Waals surface area contributed by atoms with Gasteiger partial charge in [-0.2, -0.15) is 0 Å². The molecule has 2 amide bonds. The van der Waals surface area contributed by atoms with E-state index < -0.39 is 28.5 Å². The molecule has 0 bridgehead atoms. The van der Waals surface area contributed by atoms with Crippen LogP contribution < -0.4 is 9.62 Å². The first-order chi connectivity index (χ1) is 18.9. The molecule has 3 aromatic rings. The molecule has 0 heterocycles. The molecule has 214 valence electrons. The van der Waals surface area contributed by atoms with Gasteiger partial charge in [0.15, 0.2) is 0 Å². The third-order valence-electron chi connectivity index (χ3n) is 6.84. The van der Waals surface area contributed by atoms with Gasteiger partial charge in [0.2, 0.25) is 21.8 Å². The van der Waals surface area contributed by atoms with Crippen LogP contribution in [-0.2, 0) is 32.6 Å². The maximum Gasteiger partial charge on any atom is 0.244 e. The van der Waals surface area contributed by atoms with Crippen molar-refractivity contribution in [2.75, 3.05) is 17.1 Å². The topological polar surface area (TPSA) is 86.8 Å². The van der Waals surface area contributed by atoms with Gasteiger partial charge in [-0.05, 0) is 62.1 Å². The Labute approximate surface area is 246 Å². The predicted molar refractivity (Wildman–Crippen MR) is 165 cm³/mol. The third-order valence-corrected chi connectivity index (χ3v) is 8.49. The first-order valence-corrected chi connectivity index (χ1v) is 16.0. The Bertz CT molecular complexity index is 1410. The second kappa shape index (κ2) is 13.9. The Hall–Kier alpha value is -3.17. The molecule has 40 heavy (non-hydrogen) atoms. The summed E-state index contributed by atoms with van der Waals surface area (Å²) < 4.78 is 28.0. The van der Waals surface area contributed by atoms with Crippen LogP contribution in [0.3, 0.4) is 0 Å². The molecule has 0 aliphatic heterocycles. The highest BCUT2D eigenvalue weighted by atomic mass is 79.9. The summed E-state index contributed by atoms with van der Waals surface area (Å²) in [5.74, 6) is -0.741. The first kappa shape index (κ1) is 31.4. The van der Waals surface area contributed by atoms with Crippen molar-refractivity contribution in [3.8, 4) is 0 Å². The smallest absolute Gasteiger partial charge is 0.244 e. The van der Waals surface area contributed by atoms with Crippen LogP contribution in [0.25, 0.3) is 0 Å². The van der Waals surface area contributed by atoms with Gasteiger partial charge >= 0.3 is 0 Å². The molecule has 3 rings (SSSR count). The second-order valence-electron chi connectivity index (χ2n) is 10.2. The minimum Gasteiger partial charge on any atom is -0.352 e. The number of anilines is 1. The maximum absolute atomic E-state index is 14.1. The van der Waals surface area contributed by atoms with E-state index in [1.165, 1.54) is 4.90 Å². The van der Waals surface area contributed by atoms with Crippen molar-refractivity contribution in [1.82, 2.24) is 10.2 Å². The lowest BCUT2D eigenvalue weighted by Gasteiger charge is -2.34. The van der Waals surface area contributed by atoms with Crippen molar-refractivity contribution >= 4 is 43.5 Å². The van der Waals surface area contributed by atoms with Crippen molar-refractivity contribution in [2.45, 2.75) is 59.2 Å². The highest BCUT2D eigenvalue weighted by molar-refractivity contribution is 9.10. The number of carbonyl (C=O) groups is 2. The molecule has 0 radical (unpaired) electrons. The van der Waals surface area contributed by atoms with Gasteiger partial charge in [-0.3, -0.25) is 13.9 Å². The Morgan fingerprint density at radius 2 is 1.60 bits per heavy atom. The molecule has 0 aromatic heterocycles. The summed E-state index contributed by atoms with van der Waals surface area (Å²) in [7, 11) is -3.81. The summed E-state index contributed by atoms with van der Waals surface area (Å²) in [5, 5.41) is 3.04. The van der Waals surface area contributed by atoms with Crippen LogP contribution in [-0.4, -0.2) is 50.0 Å². The van der Waals surface area contributed by atoms with Crippen molar-refractivity contribution < 1.29 is 18.0 Å². The molecule has 0 saturated carbocycles. The molecule has 0 saturated heterocycles. The summed E-state index contributed by atoms with van der Waals surface area (Å²) in [6.07, 6.45) is 2.11. The summed E-state index contributed by atoms with van der Waals surface area (Å²) in [6.45, 7) is 7.36. The number of aryl methyl sites for hydroxylation is 2. The van der Waals surface area contributed by atoms with E-state index in [9.17, 15) is 18.0 Å². The standard InChI is InChI=1S/C31H38BrN3O4S/c1-6-24(4)33-31(37)29(19-25-10-8-7-9-11-25)34(20-26-13-15-27(32)16-14-26)30(36)21-35(40(5,38)39)28-17-12-22(2)18-23(28)3/h7-18,24,29H,6,19-21H2,1-5H3,(H,33,37)/t24-,29-/m1/s1. The van der Waals surface area contributed by atoms with Crippen LogP contribution in [0.4, 0.5) is 5.69 Å². The largest absolute Gasteiger partial charge is 0.352 e. The zero-order valence-electron chi connectivity index (χ0n) is 23.7. The minimum atomic E-state index is -3.81. The van der Waals surface area contributed by atoms with E-state index in [0.717, 1.165) is 43.7 Å². The average Bonchev–Trinajstić information content (AvgIpc) is 2.90. The van der Waals surface area contributed by atoms with Crippen LogP contribution in [0.2, 0.25) is 0 Å². The Morgan fingerprint density at radius 1 is 0.950 bits per heavy atom. The fraction of sp³-hybridized carbons (Fsp3) is 0.355. The third kappa shape index (κ3) is 8.66. The summed E-state index contributed by atoms with van der Waals surface area (Å²) >= 11 is 3.45. The van der Waals surface area contributed by atoms with Gasteiger partial charge in [0.25, 0.3) is 0 Å². The van der Waals surface area contributed by atoms with Gasteiger partial charge in [-0.1, -0.05) is 83.0 Å². The van der Waals surface area contributed by atoms with Gasteiger partial charge in [-0.25, -0.2) is 8.42 Å². The average molecular weight is 629 g/mol. The van der Waals surface area contributed by atoms with E-state index in [2.05, 4.69) is 21.2 Å². The van der Waals surface area contributed by atoms with Crippen LogP contribution >= 0.6 is 15.9 Å². The highest BCUT2D eigenvalue weighted by Crippen LogP contribution is 2.25. The fourth-order valence-electron chi connectivity index (χ4n) is 4.46. The van der Waals surface area contributed by atoms with Gasteiger partial charge in [0, 0.05) is 23.5 Å². The number of halogens is 1. The van der Waals surface area contributed by atoms with E-state index in [4.69, 9.17) is 0 Å². The van der Waals surface area contributed by atoms with E-state index in [-0.39, 0.29) is 24.9 Å². The molecule has 2 atom stereocenters. The second-order valence-corrected chi connectivity index (χ2v) is 13.1. The number of benzene rings is 3. The summed E-state index contributed by atoms with van der Waals surface area (Å²) in [4.78, 5) is 29.4. The molecule has 0 aliphatic carbocycles. The number of carbonyl (C=O) groups excluding carboxylic acids is 2. The summed E-state index contributed by atoms with van der Waals surface area (Å²) in [5.41, 5.74) is 3.89. The molecule has 0 aliphatic rings. The highest BCUT2D eigenvalue weighted by Gasteiger charge is 2.33. The zero-order chi connectivity index (χ0) is 29.4. The number of nitrogens with zero attached hydrogens (tertiary/aromatic N) is 2. The zero-order valence-corrected chi connectivity index (χ0v) is 26.1. The predicted octanol–water partition coefficient (Wildman–Crippen LogP) is 5.39. The number of amides is 2. The van der Waals surface area contributed by atoms with Gasteiger partial charge in [0.05, 0.1) is 11.9 Å². The Kier molecular flexibility index (Phi) is 10.9. The minimum absolute atomic E-state index is 0.0851. The van der Waals surface area contributed by atoms with Crippen molar-refractivity contribution in [3.63, 3.8) is 0 Å². The van der Waals surface area contributed by atoms with Crippen molar-refractivity contribution in [1.29, 1.82) is 0 Å². The lowest BCUT2D eigenvalue weighted by Crippen LogP contribution is -2.54. The fourth-order valence-corrected chi connectivity index (χ4v) is 5.63. The molecule has 0 fully saturated rings. The van der Waals surface area contributed by atoms with E-state index in [0.29, 0.717) is 5.69 Å². The van der Waals surface area contributed by atoms with Crippen LogP contribution in [0.1, 0.15) is 42.5 Å². The van der Waals surface area contributed by atoms with Crippen LogP contribution in [0, 0.1) is 13.8 Å². The lowest BCUT2D eigenvalue weighted by atomic mass is 10.0.